The summed E-state index contributed by atoms with van der Waals surface area (Å²) in [7, 11) is 2.03. The van der Waals surface area contributed by atoms with E-state index in [2.05, 4.69) is 11.8 Å². The summed E-state index contributed by atoms with van der Waals surface area (Å²) in [4.78, 5) is 2.16. The van der Waals surface area contributed by atoms with E-state index < -0.39 is 6.10 Å². The van der Waals surface area contributed by atoms with Gasteiger partial charge in [0.2, 0.25) is 0 Å². The zero-order valence-corrected chi connectivity index (χ0v) is 12.8. The maximum absolute atomic E-state index is 14.0. The van der Waals surface area contributed by atoms with Gasteiger partial charge in [-0.25, -0.2) is 4.39 Å². The van der Waals surface area contributed by atoms with E-state index in [-0.39, 0.29) is 5.82 Å². The van der Waals surface area contributed by atoms with E-state index in [9.17, 15) is 9.50 Å². The Bertz CT molecular complexity index is 439. The Hall–Kier alpha value is -1.09. The van der Waals surface area contributed by atoms with Crippen LogP contribution in [0.15, 0.2) is 18.2 Å². The molecule has 2 nitrogen and oxygen atoms in total. The second-order valence-corrected chi connectivity index (χ2v) is 6.04. The number of aliphatic hydroxyl groups is 1. The van der Waals surface area contributed by atoms with Crippen LogP contribution >= 0.6 is 0 Å². The molecule has 1 aliphatic carbocycles. The largest absolute Gasteiger partial charge is 0.389 e. The van der Waals surface area contributed by atoms with Crippen LogP contribution in [0.3, 0.4) is 0 Å². The Balaban J connectivity index is 2.17. The summed E-state index contributed by atoms with van der Waals surface area (Å²) in [5.74, 6) is 0.537. The SMILES string of the molecule is CCC1CCC(N(C)c2cccc(F)c2[C@@H](C)O)CC1. The minimum atomic E-state index is -0.777. The highest BCUT2D eigenvalue weighted by Crippen LogP contribution is 2.34. The molecule has 1 aliphatic rings. The van der Waals surface area contributed by atoms with Gasteiger partial charge in [-0.15, -0.1) is 0 Å². The lowest BCUT2D eigenvalue weighted by molar-refractivity contribution is 0.194. The summed E-state index contributed by atoms with van der Waals surface area (Å²) in [6.45, 7) is 3.89. The van der Waals surface area contributed by atoms with E-state index in [0.29, 0.717) is 11.6 Å². The van der Waals surface area contributed by atoms with Gasteiger partial charge in [0.15, 0.2) is 0 Å². The van der Waals surface area contributed by atoms with E-state index in [4.69, 9.17) is 0 Å². The van der Waals surface area contributed by atoms with E-state index in [1.165, 1.54) is 25.3 Å². The molecule has 2 rings (SSSR count). The van der Waals surface area contributed by atoms with E-state index >= 15 is 0 Å². The number of halogens is 1. The monoisotopic (exact) mass is 279 g/mol. The van der Waals surface area contributed by atoms with Crippen LogP contribution in [-0.4, -0.2) is 18.2 Å². The van der Waals surface area contributed by atoms with Crippen molar-refractivity contribution in [1.82, 2.24) is 0 Å². The molecule has 0 saturated heterocycles. The predicted molar refractivity (Wildman–Crippen MR) is 81.5 cm³/mol. The summed E-state index contributed by atoms with van der Waals surface area (Å²) in [6.07, 6.45) is 5.31. The van der Waals surface area contributed by atoms with E-state index in [1.54, 1.807) is 13.0 Å². The van der Waals surface area contributed by atoms with Gasteiger partial charge >= 0.3 is 0 Å². The molecule has 3 heteroatoms. The fourth-order valence-corrected chi connectivity index (χ4v) is 3.38. The van der Waals surface area contributed by atoms with Crippen LogP contribution in [0.1, 0.15) is 57.6 Å². The molecule has 0 aromatic heterocycles. The van der Waals surface area contributed by atoms with Crippen LogP contribution in [0.5, 0.6) is 0 Å². The molecule has 0 spiro atoms. The highest BCUT2D eigenvalue weighted by Gasteiger charge is 2.26. The summed E-state index contributed by atoms with van der Waals surface area (Å²) < 4.78 is 14.0. The van der Waals surface area contributed by atoms with Crippen molar-refractivity contribution < 1.29 is 9.50 Å². The lowest BCUT2D eigenvalue weighted by Crippen LogP contribution is -2.36. The average Bonchev–Trinajstić information content (AvgIpc) is 2.46. The van der Waals surface area contributed by atoms with Gasteiger partial charge in [-0.3, -0.25) is 0 Å². The molecule has 1 fully saturated rings. The Labute approximate surface area is 121 Å². The van der Waals surface area contributed by atoms with E-state index in [1.807, 2.05) is 13.1 Å². The van der Waals surface area contributed by atoms with Crippen molar-refractivity contribution >= 4 is 5.69 Å². The number of nitrogens with zero attached hydrogens (tertiary/aromatic N) is 1. The number of aliphatic hydroxyl groups excluding tert-OH is 1. The summed E-state index contributed by atoms with van der Waals surface area (Å²) in [6, 6.07) is 5.52. The lowest BCUT2D eigenvalue weighted by atomic mass is 9.84. The second-order valence-electron chi connectivity index (χ2n) is 6.04. The quantitative estimate of drug-likeness (QED) is 0.889. The molecule has 0 heterocycles. The molecule has 0 unspecified atom stereocenters. The third-order valence-corrected chi connectivity index (χ3v) is 4.77. The number of hydrogen-bond donors (Lipinski definition) is 1. The van der Waals surface area contributed by atoms with Crippen LogP contribution in [0.25, 0.3) is 0 Å². The van der Waals surface area contributed by atoms with Gasteiger partial charge < -0.3 is 10.0 Å². The minimum absolute atomic E-state index is 0.313. The summed E-state index contributed by atoms with van der Waals surface area (Å²) in [5.41, 5.74) is 1.26. The first-order valence-corrected chi connectivity index (χ1v) is 7.73. The smallest absolute Gasteiger partial charge is 0.131 e. The molecule has 0 radical (unpaired) electrons. The van der Waals surface area contributed by atoms with Gasteiger partial charge in [0.25, 0.3) is 0 Å². The second kappa shape index (κ2) is 6.57. The highest BCUT2D eigenvalue weighted by molar-refractivity contribution is 5.55. The van der Waals surface area contributed by atoms with Gasteiger partial charge in [0, 0.05) is 24.3 Å². The number of anilines is 1. The van der Waals surface area contributed by atoms with E-state index in [0.717, 1.165) is 24.4 Å². The molecular formula is C17H26FNO. The minimum Gasteiger partial charge on any atom is -0.389 e. The molecule has 0 amide bonds. The van der Waals surface area contributed by atoms with Crippen LogP contribution in [0.2, 0.25) is 0 Å². The molecule has 112 valence electrons. The Morgan fingerprint density at radius 3 is 2.50 bits per heavy atom. The Morgan fingerprint density at radius 2 is 1.95 bits per heavy atom. The fraction of sp³-hybridized carbons (Fsp3) is 0.647. The third kappa shape index (κ3) is 3.14. The third-order valence-electron chi connectivity index (χ3n) is 4.77. The Kier molecular flexibility index (Phi) is 5.03. The Morgan fingerprint density at radius 1 is 1.30 bits per heavy atom. The molecule has 1 N–H and O–H groups in total. The fourth-order valence-electron chi connectivity index (χ4n) is 3.38. The van der Waals surface area contributed by atoms with Gasteiger partial charge in [0.05, 0.1) is 6.10 Å². The van der Waals surface area contributed by atoms with Crippen molar-refractivity contribution in [2.45, 2.75) is 58.1 Å². The summed E-state index contributed by atoms with van der Waals surface area (Å²) in [5, 5.41) is 9.85. The predicted octanol–water partition coefficient (Wildman–Crippen LogP) is 4.28. The molecule has 1 aromatic carbocycles. The van der Waals surface area contributed by atoms with Crippen molar-refractivity contribution in [1.29, 1.82) is 0 Å². The van der Waals surface area contributed by atoms with Crippen LogP contribution in [0.4, 0.5) is 10.1 Å². The van der Waals surface area contributed by atoms with Crippen molar-refractivity contribution in [2.24, 2.45) is 5.92 Å². The van der Waals surface area contributed by atoms with Crippen LogP contribution in [0, 0.1) is 11.7 Å². The molecule has 1 atom stereocenters. The van der Waals surface area contributed by atoms with Gasteiger partial charge in [0.1, 0.15) is 5.82 Å². The van der Waals surface area contributed by atoms with Crippen molar-refractivity contribution in [3.8, 4) is 0 Å². The maximum atomic E-state index is 14.0. The van der Waals surface area contributed by atoms with Crippen molar-refractivity contribution in [3.63, 3.8) is 0 Å². The maximum Gasteiger partial charge on any atom is 0.131 e. The number of benzene rings is 1. The topological polar surface area (TPSA) is 23.5 Å². The highest BCUT2D eigenvalue weighted by atomic mass is 19.1. The first kappa shape index (κ1) is 15.3. The molecular weight excluding hydrogens is 253 g/mol. The number of rotatable bonds is 4. The lowest BCUT2D eigenvalue weighted by Gasteiger charge is -2.37. The summed E-state index contributed by atoms with van der Waals surface area (Å²) >= 11 is 0. The van der Waals surface area contributed by atoms with Gasteiger partial charge in [-0.2, -0.15) is 0 Å². The number of hydrogen-bond acceptors (Lipinski definition) is 2. The van der Waals surface area contributed by atoms with Crippen LogP contribution in [-0.2, 0) is 0 Å². The molecule has 0 aliphatic heterocycles. The standard InChI is InChI=1S/C17H26FNO/c1-4-13-8-10-14(11-9-13)19(3)16-7-5-6-15(18)17(16)12(2)20/h5-7,12-14,20H,4,8-11H2,1-3H3/t12-,13?,14?/m1/s1. The van der Waals surface area contributed by atoms with Crippen LogP contribution < -0.4 is 4.90 Å². The average molecular weight is 279 g/mol. The molecule has 20 heavy (non-hydrogen) atoms. The zero-order valence-electron chi connectivity index (χ0n) is 12.8. The molecule has 1 aromatic rings. The first-order chi connectivity index (χ1) is 9.54. The molecule has 1 saturated carbocycles. The first-order valence-electron chi connectivity index (χ1n) is 7.73. The zero-order chi connectivity index (χ0) is 14.7. The van der Waals surface area contributed by atoms with Gasteiger partial charge in [-0.1, -0.05) is 19.4 Å². The van der Waals surface area contributed by atoms with Crippen molar-refractivity contribution in [3.05, 3.63) is 29.6 Å². The van der Waals surface area contributed by atoms with Gasteiger partial charge in [-0.05, 0) is 50.7 Å². The van der Waals surface area contributed by atoms with Crippen molar-refractivity contribution in [2.75, 3.05) is 11.9 Å². The normalized spacial score (nSPS) is 24.4. The molecule has 0 bridgehead atoms.